The third-order valence-corrected chi connectivity index (χ3v) is 16.6. The van der Waals surface area contributed by atoms with Crippen LogP contribution in [-0.2, 0) is 32.5 Å². The van der Waals surface area contributed by atoms with Crippen molar-refractivity contribution in [1.82, 2.24) is 0 Å². The summed E-state index contributed by atoms with van der Waals surface area (Å²) < 4.78 is 0. The number of benzene rings is 3. The molecule has 0 aromatic heterocycles. The lowest BCUT2D eigenvalue weighted by atomic mass is 9.80. The van der Waals surface area contributed by atoms with E-state index in [0.29, 0.717) is 5.92 Å². The Labute approximate surface area is 323 Å². The summed E-state index contributed by atoms with van der Waals surface area (Å²) in [4.78, 5) is 0. The fourth-order valence-corrected chi connectivity index (χ4v) is 12.7. The molecule has 0 aliphatic heterocycles. The number of hydrogen-bond donors (Lipinski definition) is 0. The lowest BCUT2D eigenvalue weighted by Crippen LogP contribution is -2.69. The van der Waals surface area contributed by atoms with Crippen LogP contribution in [-0.4, -0.2) is 8.07 Å². The number of allylic oxidation sites excluding steroid dienone is 4. The van der Waals surface area contributed by atoms with Crippen LogP contribution in [0.5, 0.6) is 0 Å². The molecule has 3 aromatic rings. The fourth-order valence-electron chi connectivity index (χ4n) is 7.57. The normalized spacial score (nSPS) is 15.8. The van der Waals surface area contributed by atoms with E-state index in [4.69, 9.17) is 0 Å². The molecule has 1 unspecified atom stereocenters. The van der Waals surface area contributed by atoms with E-state index in [0.717, 1.165) is 12.8 Å². The van der Waals surface area contributed by atoms with Crippen LogP contribution in [0.25, 0.3) is 0 Å². The quantitative estimate of drug-likeness (QED) is 0.176. The largest absolute Gasteiger partial charge is 0.176 e. The van der Waals surface area contributed by atoms with Gasteiger partial charge in [-0.05, 0) is 106 Å². The fraction of sp³-hybridized carbons (Fsp3) is 0.569. The maximum Gasteiger partial charge on any atom is 0.176 e. The van der Waals surface area contributed by atoms with Crippen molar-refractivity contribution in [2.45, 2.75) is 184 Å². The second kappa shape index (κ2) is 13.9. The van der Waals surface area contributed by atoms with E-state index >= 15 is 0 Å². The van der Waals surface area contributed by atoms with E-state index in [1.807, 2.05) is 0 Å². The van der Waals surface area contributed by atoms with Crippen molar-refractivity contribution in [2.75, 3.05) is 0 Å². The van der Waals surface area contributed by atoms with Crippen LogP contribution in [0.1, 0.15) is 185 Å². The van der Waals surface area contributed by atoms with Crippen molar-refractivity contribution in [1.29, 1.82) is 0 Å². The highest BCUT2D eigenvalue weighted by Gasteiger charge is 2.47. The first-order valence-electron chi connectivity index (χ1n) is 20.3. The Balaban J connectivity index is 2.45. The van der Waals surface area contributed by atoms with Crippen molar-refractivity contribution in [3.05, 3.63) is 111 Å². The average Bonchev–Trinajstić information content (AvgIpc) is 3.48. The van der Waals surface area contributed by atoms with Crippen molar-refractivity contribution < 1.29 is 0 Å². The van der Waals surface area contributed by atoms with E-state index in [1.165, 1.54) is 54.5 Å². The molecule has 52 heavy (non-hydrogen) atoms. The van der Waals surface area contributed by atoms with E-state index in [9.17, 15) is 0 Å². The summed E-state index contributed by atoms with van der Waals surface area (Å²) in [6, 6.07) is 23.5. The second-order valence-corrected chi connectivity index (χ2v) is 26.4. The molecule has 0 saturated heterocycles. The molecule has 4 rings (SSSR count). The zero-order chi connectivity index (χ0) is 39.6. The smallest absolute Gasteiger partial charge is 0.0773 e. The molecule has 0 nitrogen and oxygen atoms in total. The molecule has 0 bridgehead atoms. The molecule has 0 saturated carbocycles. The van der Waals surface area contributed by atoms with Gasteiger partial charge in [-0.1, -0.05) is 210 Å². The van der Waals surface area contributed by atoms with Gasteiger partial charge in [0.15, 0.2) is 8.07 Å². The molecule has 1 heteroatoms. The lowest BCUT2D eigenvalue weighted by molar-refractivity contribution is 0.569. The molecule has 0 heterocycles. The van der Waals surface area contributed by atoms with Crippen LogP contribution in [0.15, 0.2) is 77.5 Å². The zero-order valence-corrected chi connectivity index (χ0v) is 38.3. The van der Waals surface area contributed by atoms with Crippen molar-refractivity contribution in [2.24, 2.45) is 5.92 Å². The standard InChI is InChI=1S/C51H76Si/c1-21-34(2)35-22-23-42(24-35)52(43-28-36(46(3,4)5)25-37(29-43)47(6,7)8,44-30-38(48(9,10)11)26-39(31-44)49(12,13)14)45-32-40(50(15,16)17)27-41(33-45)51(18,19)20/h22,24-34H,21,23H2,1-20H3. The minimum atomic E-state index is -2.94. The predicted octanol–water partition coefficient (Wildman–Crippen LogP) is 12.8. The summed E-state index contributed by atoms with van der Waals surface area (Å²) in [5.41, 5.74) is 10.2. The van der Waals surface area contributed by atoms with Crippen LogP contribution >= 0.6 is 0 Å². The van der Waals surface area contributed by atoms with Gasteiger partial charge in [-0.15, -0.1) is 0 Å². The van der Waals surface area contributed by atoms with Crippen molar-refractivity contribution in [3.8, 4) is 0 Å². The molecule has 0 radical (unpaired) electrons. The predicted molar refractivity (Wildman–Crippen MR) is 236 cm³/mol. The highest BCUT2D eigenvalue weighted by Crippen LogP contribution is 2.38. The summed E-state index contributed by atoms with van der Waals surface area (Å²) in [6.45, 7) is 47.9. The molecular weight excluding hydrogens is 641 g/mol. The first-order chi connectivity index (χ1) is 23.4. The van der Waals surface area contributed by atoms with Crippen LogP contribution in [0, 0.1) is 5.92 Å². The maximum absolute atomic E-state index is 2.94. The lowest BCUT2D eigenvalue weighted by Gasteiger charge is -2.40. The molecule has 284 valence electrons. The van der Waals surface area contributed by atoms with Gasteiger partial charge in [0.2, 0.25) is 0 Å². The van der Waals surface area contributed by atoms with Crippen LogP contribution < -0.4 is 15.6 Å². The van der Waals surface area contributed by atoms with Gasteiger partial charge in [-0.3, -0.25) is 0 Å². The highest BCUT2D eigenvalue weighted by atomic mass is 28.3. The Morgan fingerprint density at radius 3 is 0.904 bits per heavy atom. The summed E-state index contributed by atoms with van der Waals surface area (Å²) in [5, 5.41) is 6.23. The third-order valence-electron chi connectivity index (χ3n) is 11.9. The Hall–Kier alpha value is -2.64. The van der Waals surface area contributed by atoms with Crippen LogP contribution in [0.2, 0.25) is 0 Å². The topological polar surface area (TPSA) is 0 Å². The summed E-state index contributed by atoms with van der Waals surface area (Å²) in [5.74, 6) is 0.535. The third kappa shape index (κ3) is 8.67. The Bertz CT molecular complexity index is 1550. The van der Waals surface area contributed by atoms with Gasteiger partial charge >= 0.3 is 0 Å². The molecule has 3 aromatic carbocycles. The second-order valence-electron chi connectivity index (χ2n) is 22.5. The first kappa shape index (κ1) is 42.1. The SMILES string of the molecule is CCC(C)C1=CCC([Si](c2cc(C(C)(C)C)cc(C(C)(C)C)c2)(c2cc(C(C)(C)C)cc(C(C)(C)C)c2)c2cc(C(C)(C)C)cc(C(C)(C)C)c2)=C1. The van der Waals surface area contributed by atoms with E-state index in [2.05, 4.69) is 205 Å². The molecule has 0 fully saturated rings. The zero-order valence-electron chi connectivity index (χ0n) is 37.3. The molecule has 0 amide bonds. The summed E-state index contributed by atoms with van der Waals surface area (Å²) in [6.07, 6.45) is 7.42. The Kier molecular flexibility index (Phi) is 11.2. The van der Waals surface area contributed by atoms with Gasteiger partial charge in [0.1, 0.15) is 0 Å². The van der Waals surface area contributed by atoms with Gasteiger partial charge in [-0.2, -0.15) is 0 Å². The van der Waals surface area contributed by atoms with Crippen LogP contribution in [0.3, 0.4) is 0 Å². The van der Waals surface area contributed by atoms with Gasteiger partial charge in [0.05, 0.1) is 0 Å². The minimum absolute atomic E-state index is 0.00793. The summed E-state index contributed by atoms with van der Waals surface area (Å²) in [7, 11) is -2.94. The Morgan fingerprint density at radius 2 is 0.692 bits per heavy atom. The summed E-state index contributed by atoms with van der Waals surface area (Å²) >= 11 is 0. The van der Waals surface area contributed by atoms with E-state index in [-0.39, 0.29) is 32.5 Å². The van der Waals surface area contributed by atoms with Crippen LogP contribution in [0.4, 0.5) is 0 Å². The van der Waals surface area contributed by atoms with Crippen molar-refractivity contribution in [3.63, 3.8) is 0 Å². The van der Waals surface area contributed by atoms with Crippen molar-refractivity contribution >= 4 is 23.6 Å². The monoisotopic (exact) mass is 717 g/mol. The number of hydrogen-bond acceptors (Lipinski definition) is 0. The first-order valence-corrected chi connectivity index (χ1v) is 22.3. The van der Waals surface area contributed by atoms with Gasteiger partial charge in [0, 0.05) is 0 Å². The minimum Gasteiger partial charge on any atom is -0.0773 e. The number of rotatable bonds is 6. The maximum atomic E-state index is 2.68. The molecule has 0 spiro atoms. The molecule has 1 aliphatic carbocycles. The van der Waals surface area contributed by atoms with Gasteiger partial charge < -0.3 is 0 Å². The van der Waals surface area contributed by atoms with E-state index < -0.39 is 8.07 Å². The molecular formula is C51H76Si. The molecule has 1 aliphatic rings. The van der Waals surface area contributed by atoms with E-state index in [1.54, 1.807) is 5.20 Å². The molecule has 0 N–H and O–H groups in total. The highest BCUT2D eigenvalue weighted by molar-refractivity contribution is 7.16. The average molecular weight is 717 g/mol. The molecule has 1 atom stereocenters. The van der Waals surface area contributed by atoms with Gasteiger partial charge in [0.25, 0.3) is 0 Å². The Morgan fingerprint density at radius 1 is 0.442 bits per heavy atom. The van der Waals surface area contributed by atoms with Gasteiger partial charge in [-0.25, -0.2) is 0 Å².